The number of aromatic nitrogens is 3. The SMILES string of the molecule is Nc1ccncc1CC(=O)c1ccc2nccnc2c1. The van der Waals surface area contributed by atoms with E-state index in [0.29, 0.717) is 16.8 Å². The van der Waals surface area contributed by atoms with Crippen LogP contribution in [-0.4, -0.2) is 20.7 Å². The van der Waals surface area contributed by atoms with Crippen molar-refractivity contribution in [3.8, 4) is 0 Å². The molecule has 0 fully saturated rings. The summed E-state index contributed by atoms with van der Waals surface area (Å²) in [5, 5.41) is 0. The molecule has 2 aromatic heterocycles. The van der Waals surface area contributed by atoms with Crippen molar-refractivity contribution in [3.63, 3.8) is 0 Å². The summed E-state index contributed by atoms with van der Waals surface area (Å²) in [7, 11) is 0. The van der Waals surface area contributed by atoms with Crippen molar-refractivity contribution in [1.29, 1.82) is 0 Å². The second-order valence-electron chi connectivity index (χ2n) is 4.43. The van der Waals surface area contributed by atoms with E-state index in [2.05, 4.69) is 15.0 Å². The van der Waals surface area contributed by atoms with Crippen molar-refractivity contribution in [1.82, 2.24) is 15.0 Å². The van der Waals surface area contributed by atoms with Crippen LogP contribution in [0.1, 0.15) is 15.9 Å². The van der Waals surface area contributed by atoms with Gasteiger partial charge in [0.1, 0.15) is 0 Å². The Morgan fingerprint density at radius 2 is 1.85 bits per heavy atom. The number of anilines is 1. The molecule has 20 heavy (non-hydrogen) atoms. The number of ketones is 1. The predicted molar refractivity (Wildman–Crippen MR) is 76.2 cm³/mol. The van der Waals surface area contributed by atoms with Crippen LogP contribution in [0.2, 0.25) is 0 Å². The number of nitrogens with zero attached hydrogens (tertiary/aromatic N) is 3. The summed E-state index contributed by atoms with van der Waals surface area (Å²) in [6.45, 7) is 0. The van der Waals surface area contributed by atoms with E-state index in [1.807, 2.05) is 0 Å². The molecule has 3 rings (SSSR count). The summed E-state index contributed by atoms with van der Waals surface area (Å²) in [6.07, 6.45) is 6.68. The lowest BCUT2D eigenvalue weighted by Crippen LogP contribution is -2.06. The van der Waals surface area contributed by atoms with Gasteiger partial charge in [0.2, 0.25) is 0 Å². The third-order valence-electron chi connectivity index (χ3n) is 3.08. The summed E-state index contributed by atoms with van der Waals surface area (Å²) >= 11 is 0. The standard InChI is InChI=1S/C15H12N4O/c16-12-3-4-17-9-11(12)8-15(20)10-1-2-13-14(7-10)19-6-5-18-13/h1-7,9H,8H2,(H2,16,17). The number of hydrogen-bond acceptors (Lipinski definition) is 5. The van der Waals surface area contributed by atoms with Crippen LogP contribution in [0.15, 0.2) is 49.1 Å². The van der Waals surface area contributed by atoms with Gasteiger partial charge >= 0.3 is 0 Å². The van der Waals surface area contributed by atoms with Crippen molar-refractivity contribution in [2.45, 2.75) is 6.42 Å². The van der Waals surface area contributed by atoms with Crippen LogP contribution >= 0.6 is 0 Å². The number of rotatable bonds is 3. The highest BCUT2D eigenvalue weighted by atomic mass is 16.1. The third-order valence-corrected chi connectivity index (χ3v) is 3.08. The number of nitrogens with two attached hydrogens (primary N) is 1. The highest BCUT2D eigenvalue weighted by Gasteiger charge is 2.10. The first-order chi connectivity index (χ1) is 9.74. The Balaban J connectivity index is 1.91. The molecule has 0 amide bonds. The molecule has 0 saturated carbocycles. The molecule has 0 aliphatic carbocycles. The summed E-state index contributed by atoms with van der Waals surface area (Å²) in [5.74, 6) is -0.0164. The average molecular weight is 264 g/mol. The Morgan fingerprint density at radius 1 is 1.05 bits per heavy atom. The Hall–Kier alpha value is -2.82. The number of pyridine rings is 1. The van der Waals surface area contributed by atoms with E-state index < -0.39 is 0 Å². The number of benzene rings is 1. The van der Waals surface area contributed by atoms with E-state index in [9.17, 15) is 4.79 Å². The normalized spacial score (nSPS) is 10.6. The fourth-order valence-electron chi connectivity index (χ4n) is 2.00. The number of hydrogen-bond donors (Lipinski definition) is 1. The lowest BCUT2D eigenvalue weighted by atomic mass is 10.0. The fourth-order valence-corrected chi connectivity index (χ4v) is 2.00. The Bertz CT molecular complexity index is 785. The van der Waals surface area contributed by atoms with Crippen molar-refractivity contribution in [2.24, 2.45) is 0 Å². The zero-order chi connectivity index (χ0) is 13.9. The van der Waals surface area contributed by atoms with Gasteiger partial charge in [-0.2, -0.15) is 0 Å². The Morgan fingerprint density at radius 3 is 2.65 bits per heavy atom. The largest absolute Gasteiger partial charge is 0.398 e. The number of nitrogen functional groups attached to an aromatic ring is 1. The van der Waals surface area contributed by atoms with Gasteiger partial charge in [-0.3, -0.25) is 19.7 Å². The monoisotopic (exact) mass is 264 g/mol. The Labute approximate surface area is 115 Å². The topological polar surface area (TPSA) is 81.8 Å². The van der Waals surface area contributed by atoms with Gasteiger partial charge in [-0.1, -0.05) is 0 Å². The number of Topliss-reactive ketones (excluding diaryl/α,β-unsaturated/α-hetero) is 1. The van der Waals surface area contributed by atoms with Crippen LogP contribution in [-0.2, 0) is 6.42 Å². The molecule has 0 radical (unpaired) electrons. The van der Waals surface area contributed by atoms with Gasteiger partial charge in [-0.05, 0) is 24.3 Å². The minimum atomic E-state index is -0.0164. The number of carbonyl (C=O) groups excluding carboxylic acids is 1. The first-order valence-electron chi connectivity index (χ1n) is 6.16. The van der Waals surface area contributed by atoms with Crippen molar-refractivity contribution in [2.75, 3.05) is 5.73 Å². The predicted octanol–water partition coefficient (Wildman–Crippen LogP) is 2.03. The maximum atomic E-state index is 12.3. The van der Waals surface area contributed by atoms with Crippen molar-refractivity contribution < 1.29 is 4.79 Å². The van der Waals surface area contributed by atoms with Gasteiger partial charge < -0.3 is 5.73 Å². The molecule has 2 heterocycles. The molecule has 0 bridgehead atoms. The Kier molecular flexibility index (Phi) is 3.09. The number of carbonyl (C=O) groups is 1. The first-order valence-corrected chi connectivity index (χ1v) is 6.16. The summed E-state index contributed by atoms with van der Waals surface area (Å²) in [6, 6.07) is 6.99. The minimum absolute atomic E-state index is 0.0164. The molecular weight excluding hydrogens is 252 g/mol. The van der Waals surface area contributed by atoms with Crippen LogP contribution in [0.25, 0.3) is 11.0 Å². The molecule has 0 aliphatic heterocycles. The van der Waals surface area contributed by atoms with Gasteiger partial charge in [-0.15, -0.1) is 0 Å². The van der Waals surface area contributed by atoms with E-state index in [1.165, 1.54) is 0 Å². The van der Waals surface area contributed by atoms with Crippen molar-refractivity contribution >= 4 is 22.5 Å². The lowest BCUT2D eigenvalue weighted by molar-refractivity contribution is 0.0993. The second-order valence-corrected chi connectivity index (χ2v) is 4.43. The maximum Gasteiger partial charge on any atom is 0.167 e. The molecule has 0 atom stereocenters. The van der Waals surface area contributed by atoms with E-state index in [-0.39, 0.29) is 12.2 Å². The van der Waals surface area contributed by atoms with Gasteiger partial charge in [0.25, 0.3) is 0 Å². The van der Waals surface area contributed by atoms with Crippen LogP contribution < -0.4 is 5.73 Å². The van der Waals surface area contributed by atoms with Gasteiger partial charge in [-0.25, -0.2) is 0 Å². The van der Waals surface area contributed by atoms with Crippen LogP contribution in [0, 0.1) is 0 Å². The van der Waals surface area contributed by atoms with Crippen LogP contribution in [0.5, 0.6) is 0 Å². The molecule has 2 N–H and O–H groups in total. The van der Waals surface area contributed by atoms with E-state index in [0.717, 1.165) is 11.1 Å². The van der Waals surface area contributed by atoms with Gasteiger partial charge in [0.15, 0.2) is 5.78 Å². The lowest BCUT2D eigenvalue weighted by Gasteiger charge is -2.05. The fraction of sp³-hybridized carbons (Fsp3) is 0.0667. The molecule has 0 aliphatic rings. The molecule has 1 aromatic carbocycles. The summed E-state index contributed by atoms with van der Waals surface area (Å²) in [5.41, 5.74) is 9.21. The van der Waals surface area contributed by atoms with Gasteiger partial charge in [0, 0.05) is 48.0 Å². The summed E-state index contributed by atoms with van der Waals surface area (Å²) in [4.78, 5) is 24.6. The molecule has 3 aromatic rings. The molecule has 5 heteroatoms. The molecule has 0 spiro atoms. The highest BCUT2D eigenvalue weighted by Crippen LogP contribution is 2.15. The van der Waals surface area contributed by atoms with Crippen LogP contribution in [0.3, 0.4) is 0 Å². The average Bonchev–Trinajstić information content (AvgIpc) is 2.49. The number of fused-ring (bicyclic) bond motifs is 1. The van der Waals surface area contributed by atoms with Gasteiger partial charge in [0.05, 0.1) is 11.0 Å². The zero-order valence-corrected chi connectivity index (χ0v) is 10.7. The molecule has 5 nitrogen and oxygen atoms in total. The molecular formula is C15H12N4O. The molecule has 98 valence electrons. The first kappa shape index (κ1) is 12.2. The second kappa shape index (κ2) is 5.05. The quantitative estimate of drug-likeness (QED) is 0.732. The zero-order valence-electron chi connectivity index (χ0n) is 10.7. The van der Waals surface area contributed by atoms with E-state index >= 15 is 0 Å². The van der Waals surface area contributed by atoms with E-state index in [4.69, 9.17) is 5.73 Å². The molecule has 0 unspecified atom stereocenters. The van der Waals surface area contributed by atoms with E-state index in [1.54, 1.807) is 49.1 Å². The van der Waals surface area contributed by atoms with Crippen LogP contribution in [0.4, 0.5) is 5.69 Å². The smallest absolute Gasteiger partial charge is 0.167 e. The van der Waals surface area contributed by atoms with Crippen molar-refractivity contribution in [3.05, 3.63) is 60.2 Å². The highest BCUT2D eigenvalue weighted by molar-refractivity contribution is 6.00. The maximum absolute atomic E-state index is 12.3. The molecule has 0 saturated heterocycles. The summed E-state index contributed by atoms with van der Waals surface area (Å²) < 4.78 is 0. The third kappa shape index (κ3) is 2.33. The minimum Gasteiger partial charge on any atom is -0.398 e.